The van der Waals surface area contributed by atoms with Gasteiger partial charge >= 0.3 is 0 Å². The molecule has 0 fully saturated rings. The van der Waals surface area contributed by atoms with Crippen LogP contribution in [0, 0.1) is 6.92 Å². The summed E-state index contributed by atoms with van der Waals surface area (Å²) in [6.45, 7) is 2.09. The lowest BCUT2D eigenvalue weighted by atomic mass is 9.95. The standard InChI is InChI=1S/C51H37N4O/c1-36-26-28-39(29-27-36)52-34-53-47-23-9-8-20-45(47)46-31-30-42(33-50(46)53)56-41-19-12-18-40(32-41)54-35-55(49-25-11-10-24-48(49)54)51-43(37-14-4-2-5-15-37)21-13-22-44(51)38-16-6-3-7-17-38/h2-35H,1H3/q+1/b52-34+. The molecule has 0 aliphatic rings. The maximum atomic E-state index is 6.66. The van der Waals surface area contributed by atoms with Crippen molar-refractivity contribution in [1.82, 2.24) is 9.13 Å². The Kier molecular flexibility index (Phi) is 8.30. The fraction of sp³-hybridized carbons (Fsp3) is 0.0196. The molecule has 0 unspecified atom stereocenters. The topological polar surface area (TPSA) is 35.3 Å². The predicted molar refractivity (Wildman–Crippen MR) is 230 cm³/mol. The Morgan fingerprint density at radius 1 is 0.518 bits per heavy atom. The maximum Gasteiger partial charge on any atom is 0.255 e. The summed E-state index contributed by atoms with van der Waals surface area (Å²) >= 11 is 0. The molecule has 0 saturated carbocycles. The molecule has 10 rings (SSSR count). The summed E-state index contributed by atoms with van der Waals surface area (Å²) < 4.78 is 13.4. The molecule has 10 aromatic rings. The van der Waals surface area contributed by atoms with E-state index in [0.29, 0.717) is 0 Å². The SMILES string of the molecule is Cc1ccc(/N=C/n2c3ccccc3c3ccc(Oc4cccc(-n5c[n+](-c6c(-c7ccccc7)cccc6-c6ccccc6)c6ccccc65)c4)cc32)cc1. The van der Waals surface area contributed by atoms with Crippen LogP contribution in [0.5, 0.6) is 11.5 Å². The first kappa shape index (κ1) is 33.1. The molecule has 8 aromatic carbocycles. The van der Waals surface area contributed by atoms with E-state index >= 15 is 0 Å². The lowest BCUT2D eigenvalue weighted by molar-refractivity contribution is -0.566. The maximum absolute atomic E-state index is 6.66. The number of fused-ring (bicyclic) bond motifs is 4. The van der Waals surface area contributed by atoms with Crippen LogP contribution < -0.4 is 9.30 Å². The highest BCUT2D eigenvalue weighted by Gasteiger charge is 2.25. The first-order valence-electron chi connectivity index (χ1n) is 18.9. The third-order valence-corrected chi connectivity index (χ3v) is 10.4. The zero-order chi connectivity index (χ0) is 37.4. The number of hydrogen-bond donors (Lipinski definition) is 0. The molecule has 0 spiro atoms. The highest BCUT2D eigenvalue weighted by molar-refractivity contribution is 6.11. The number of aromatic nitrogens is 3. The van der Waals surface area contributed by atoms with Gasteiger partial charge in [-0.1, -0.05) is 133 Å². The van der Waals surface area contributed by atoms with Gasteiger partial charge in [-0.15, -0.1) is 0 Å². The Morgan fingerprint density at radius 2 is 1.14 bits per heavy atom. The van der Waals surface area contributed by atoms with Crippen LogP contribution in [0.1, 0.15) is 5.56 Å². The minimum Gasteiger partial charge on any atom is -0.457 e. The van der Waals surface area contributed by atoms with Crippen LogP contribution in [-0.2, 0) is 0 Å². The fourth-order valence-corrected chi connectivity index (χ4v) is 7.76. The molecule has 0 atom stereocenters. The van der Waals surface area contributed by atoms with E-state index in [9.17, 15) is 0 Å². The predicted octanol–water partition coefficient (Wildman–Crippen LogP) is 12.7. The Morgan fingerprint density at radius 3 is 1.89 bits per heavy atom. The van der Waals surface area contributed by atoms with E-state index in [0.717, 1.165) is 78.3 Å². The van der Waals surface area contributed by atoms with Gasteiger partial charge in [0, 0.05) is 34.0 Å². The number of nitrogens with zero attached hydrogens (tertiary/aromatic N) is 4. The molecule has 0 aliphatic carbocycles. The van der Waals surface area contributed by atoms with Gasteiger partial charge in [0.1, 0.15) is 29.2 Å². The van der Waals surface area contributed by atoms with Crippen molar-refractivity contribution in [3.8, 4) is 45.1 Å². The van der Waals surface area contributed by atoms with Gasteiger partial charge in [-0.2, -0.15) is 9.13 Å². The van der Waals surface area contributed by atoms with Gasteiger partial charge in [0.2, 0.25) is 0 Å². The summed E-state index contributed by atoms with van der Waals surface area (Å²) in [6.07, 6.45) is 4.11. The summed E-state index contributed by atoms with van der Waals surface area (Å²) in [5.41, 5.74) is 13.2. The number of imidazole rings is 1. The number of hydrogen-bond acceptors (Lipinski definition) is 2. The first-order chi connectivity index (χ1) is 27.7. The van der Waals surface area contributed by atoms with Gasteiger partial charge in [0.05, 0.1) is 16.7 Å². The number of para-hydroxylation sites is 4. The summed E-state index contributed by atoms with van der Waals surface area (Å²) in [4.78, 5) is 4.84. The lowest BCUT2D eigenvalue weighted by Gasteiger charge is -2.13. The molecular formula is C51H37N4O+. The molecule has 0 N–H and O–H groups in total. The third-order valence-electron chi connectivity index (χ3n) is 10.4. The third kappa shape index (κ3) is 6.02. The van der Waals surface area contributed by atoms with Crippen molar-refractivity contribution in [2.24, 2.45) is 4.99 Å². The van der Waals surface area contributed by atoms with E-state index in [1.807, 2.05) is 30.6 Å². The molecule has 5 nitrogen and oxygen atoms in total. The monoisotopic (exact) mass is 721 g/mol. The van der Waals surface area contributed by atoms with Crippen molar-refractivity contribution >= 4 is 44.9 Å². The molecular weight excluding hydrogens is 685 g/mol. The van der Waals surface area contributed by atoms with Gasteiger partial charge in [-0.3, -0.25) is 4.57 Å². The summed E-state index contributed by atoms with van der Waals surface area (Å²) in [6, 6.07) is 67.7. The van der Waals surface area contributed by atoms with E-state index in [-0.39, 0.29) is 0 Å². The highest BCUT2D eigenvalue weighted by Crippen LogP contribution is 2.36. The number of aryl methyl sites for hydroxylation is 1. The molecule has 2 aromatic heterocycles. The van der Waals surface area contributed by atoms with Crippen LogP contribution in [0.25, 0.3) is 66.5 Å². The normalized spacial score (nSPS) is 11.6. The van der Waals surface area contributed by atoms with E-state index in [4.69, 9.17) is 9.73 Å². The minimum atomic E-state index is 0.747. The van der Waals surface area contributed by atoms with Crippen LogP contribution >= 0.6 is 0 Å². The van der Waals surface area contributed by atoms with E-state index in [1.54, 1.807) is 0 Å². The van der Waals surface area contributed by atoms with Gasteiger partial charge in [0.25, 0.3) is 6.33 Å². The number of aliphatic imine (C=N–C) groups is 1. The quantitative estimate of drug-likeness (QED) is 0.0874. The summed E-state index contributed by atoms with van der Waals surface area (Å²) in [7, 11) is 0. The fourth-order valence-electron chi connectivity index (χ4n) is 7.76. The molecule has 266 valence electrons. The van der Waals surface area contributed by atoms with Crippen LogP contribution in [0.4, 0.5) is 5.69 Å². The molecule has 0 amide bonds. The Labute approximate surface area is 325 Å². The van der Waals surface area contributed by atoms with E-state index in [1.165, 1.54) is 10.9 Å². The smallest absolute Gasteiger partial charge is 0.255 e. The number of rotatable bonds is 8. The van der Waals surface area contributed by atoms with E-state index in [2.05, 4.69) is 197 Å². The largest absolute Gasteiger partial charge is 0.457 e. The summed E-state index contributed by atoms with van der Waals surface area (Å²) in [5, 5.41) is 2.31. The molecule has 0 saturated heterocycles. The Hall–Kier alpha value is -7.50. The average molecular weight is 722 g/mol. The molecule has 0 aliphatic heterocycles. The van der Waals surface area contributed by atoms with Crippen molar-refractivity contribution in [3.63, 3.8) is 0 Å². The molecule has 56 heavy (non-hydrogen) atoms. The second-order valence-corrected chi connectivity index (χ2v) is 14.0. The van der Waals surface area contributed by atoms with Crippen LogP contribution in [0.2, 0.25) is 0 Å². The molecule has 2 heterocycles. The van der Waals surface area contributed by atoms with Gasteiger partial charge < -0.3 is 4.74 Å². The molecule has 0 bridgehead atoms. The van der Waals surface area contributed by atoms with Gasteiger partial charge in [-0.25, -0.2) is 4.99 Å². The van der Waals surface area contributed by atoms with Crippen molar-refractivity contribution in [2.75, 3.05) is 0 Å². The second-order valence-electron chi connectivity index (χ2n) is 14.0. The van der Waals surface area contributed by atoms with Crippen molar-refractivity contribution in [2.45, 2.75) is 6.92 Å². The van der Waals surface area contributed by atoms with Gasteiger partial charge in [-0.05, 0) is 72.6 Å². The first-order valence-corrected chi connectivity index (χ1v) is 18.9. The Bertz CT molecular complexity index is 2990. The van der Waals surface area contributed by atoms with Crippen molar-refractivity contribution < 1.29 is 9.30 Å². The average Bonchev–Trinajstić information content (AvgIpc) is 3.79. The zero-order valence-corrected chi connectivity index (χ0v) is 30.8. The Balaban J connectivity index is 1.06. The van der Waals surface area contributed by atoms with Crippen molar-refractivity contribution in [3.05, 3.63) is 206 Å². The second kappa shape index (κ2) is 14.0. The molecule has 0 radical (unpaired) electrons. The molecule has 5 heteroatoms. The van der Waals surface area contributed by atoms with Crippen LogP contribution in [0.3, 0.4) is 0 Å². The summed E-state index contributed by atoms with van der Waals surface area (Å²) in [5.74, 6) is 1.50. The lowest BCUT2D eigenvalue weighted by Crippen LogP contribution is -2.30. The minimum absolute atomic E-state index is 0.747. The van der Waals surface area contributed by atoms with E-state index < -0.39 is 0 Å². The number of ether oxygens (including phenoxy) is 1. The van der Waals surface area contributed by atoms with Crippen LogP contribution in [0.15, 0.2) is 205 Å². The number of benzene rings is 8. The zero-order valence-electron chi connectivity index (χ0n) is 30.8. The van der Waals surface area contributed by atoms with Crippen LogP contribution in [-0.4, -0.2) is 15.5 Å². The van der Waals surface area contributed by atoms with Gasteiger partial charge in [0.15, 0.2) is 11.0 Å². The van der Waals surface area contributed by atoms with Crippen molar-refractivity contribution in [1.29, 1.82) is 0 Å². The highest BCUT2D eigenvalue weighted by atomic mass is 16.5.